The van der Waals surface area contributed by atoms with Gasteiger partial charge in [-0.25, -0.2) is 5.48 Å². The van der Waals surface area contributed by atoms with Crippen molar-refractivity contribution in [2.45, 2.75) is 38.8 Å². The summed E-state index contributed by atoms with van der Waals surface area (Å²) in [6.45, 7) is 3.63. The Balaban J connectivity index is 1.43. The van der Waals surface area contributed by atoms with Gasteiger partial charge in [0.1, 0.15) is 5.15 Å². The highest BCUT2D eigenvalue weighted by molar-refractivity contribution is 6.30. The molecule has 0 bridgehead atoms. The minimum atomic E-state index is -0.541. The second kappa shape index (κ2) is 10.3. The van der Waals surface area contributed by atoms with E-state index in [9.17, 15) is 4.79 Å². The van der Waals surface area contributed by atoms with Crippen molar-refractivity contribution in [1.29, 1.82) is 0 Å². The molecular weight excluding hydrogens is 474 g/mol. The molecule has 4 aromatic rings. The molecule has 36 heavy (non-hydrogen) atoms. The zero-order chi connectivity index (χ0) is 25.2. The summed E-state index contributed by atoms with van der Waals surface area (Å²) in [7, 11) is 1.88. The molecule has 1 unspecified atom stereocenters. The number of halogens is 1. The smallest absolute Gasteiger partial charge is 0.267 e. The SMILES string of the molecule is Cc1nn(C)c(Cl)c1CN(CCc1c[nH]c2ccccc12)C1CCc2cc(C=CC(=O)NO)ccc21. The summed E-state index contributed by atoms with van der Waals surface area (Å²) >= 11 is 6.65. The van der Waals surface area contributed by atoms with E-state index >= 15 is 0 Å². The molecule has 2 aromatic carbocycles. The monoisotopic (exact) mass is 503 g/mol. The van der Waals surface area contributed by atoms with Crippen LogP contribution in [0.1, 0.15) is 46.0 Å². The number of aromatic nitrogens is 3. The average molecular weight is 504 g/mol. The number of hydrogen-bond donors (Lipinski definition) is 3. The summed E-state index contributed by atoms with van der Waals surface area (Å²) in [5.41, 5.74) is 9.67. The van der Waals surface area contributed by atoms with Gasteiger partial charge in [-0.3, -0.25) is 19.6 Å². The number of hydroxylamine groups is 1. The van der Waals surface area contributed by atoms with Crippen LogP contribution in [0.25, 0.3) is 17.0 Å². The molecular formula is C28H30ClN5O2. The lowest BCUT2D eigenvalue weighted by atomic mass is 10.0. The van der Waals surface area contributed by atoms with Crippen molar-refractivity contribution in [3.05, 3.63) is 93.4 Å². The second-order valence-electron chi connectivity index (χ2n) is 9.38. The van der Waals surface area contributed by atoms with Gasteiger partial charge in [-0.2, -0.15) is 5.10 Å². The Morgan fingerprint density at radius 1 is 1.33 bits per heavy atom. The molecule has 1 aliphatic rings. The summed E-state index contributed by atoms with van der Waals surface area (Å²) in [4.78, 5) is 17.3. The van der Waals surface area contributed by atoms with E-state index in [4.69, 9.17) is 16.8 Å². The van der Waals surface area contributed by atoms with Crippen LogP contribution in [0.5, 0.6) is 0 Å². The van der Waals surface area contributed by atoms with Gasteiger partial charge in [-0.1, -0.05) is 48.0 Å². The zero-order valence-corrected chi connectivity index (χ0v) is 21.2. The van der Waals surface area contributed by atoms with Crippen molar-refractivity contribution in [2.75, 3.05) is 6.54 Å². The number of carbonyl (C=O) groups excluding carboxylic acids is 1. The summed E-state index contributed by atoms with van der Waals surface area (Å²) in [5.74, 6) is -0.541. The lowest BCUT2D eigenvalue weighted by Gasteiger charge is -2.30. The summed E-state index contributed by atoms with van der Waals surface area (Å²) < 4.78 is 1.74. The van der Waals surface area contributed by atoms with Gasteiger partial charge in [-0.15, -0.1) is 0 Å². The van der Waals surface area contributed by atoms with Crippen LogP contribution in [0.3, 0.4) is 0 Å². The van der Waals surface area contributed by atoms with Crippen LogP contribution in [0.2, 0.25) is 5.15 Å². The van der Waals surface area contributed by atoms with E-state index in [2.05, 4.69) is 57.6 Å². The fourth-order valence-electron chi connectivity index (χ4n) is 5.31. The van der Waals surface area contributed by atoms with Gasteiger partial charge >= 0.3 is 0 Å². The van der Waals surface area contributed by atoms with E-state index in [0.717, 1.165) is 54.7 Å². The molecule has 1 amide bonds. The summed E-state index contributed by atoms with van der Waals surface area (Å²) in [6.07, 6.45) is 8.07. The first-order valence-electron chi connectivity index (χ1n) is 12.2. The van der Waals surface area contributed by atoms with Crippen LogP contribution >= 0.6 is 11.6 Å². The Morgan fingerprint density at radius 2 is 2.17 bits per heavy atom. The number of H-pyrrole nitrogens is 1. The zero-order valence-electron chi connectivity index (χ0n) is 20.5. The Hall–Kier alpha value is -3.39. The maximum atomic E-state index is 11.4. The minimum absolute atomic E-state index is 0.264. The van der Waals surface area contributed by atoms with Crippen molar-refractivity contribution in [3.63, 3.8) is 0 Å². The normalized spacial score (nSPS) is 15.3. The van der Waals surface area contributed by atoms with Gasteiger partial charge in [0.05, 0.1) is 5.69 Å². The average Bonchev–Trinajstić information content (AvgIpc) is 3.56. The first kappa shape index (κ1) is 24.3. The number of aryl methyl sites for hydroxylation is 3. The van der Waals surface area contributed by atoms with Gasteiger partial charge in [0.2, 0.25) is 0 Å². The maximum Gasteiger partial charge on any atom is 0.267 e. The van der Waals surface area contributed by atoms with E-state index in [1.165, 1.54) is 28.2 Å². The number of para-hydroxylation sites is 1. The summed E-state index contributed by atoms with van der Waals surface area (Å²) in [6, 6.07) is 15.0. The van der Waals surface area contributed by atoms with Gasteiger partial charge < -0.3 is 4.98 Å². The first-order chi connectivity index (χ1) is 17.4. The molecule has 3 N–H and O–H groups in total. The molecule has 8 heteroatoms. The number of amides is 1. The number of carbonyl (C=O) groups is 1. The highest BCUT2D eigenvalue weighted by Crippen LogP contribution is 2.38. The summed E-state index contributed by atoms with van der Waals surface area (Å²) in [5, 5.41) is 15.2. The highest BCUT2D eigenvalue weighted by Gasteiger charge is 2.29. The lowest BCUT2D eigenvalue weighted by Crippen LogP contribution is -2.29. The van der Waals surface area contributed by atoms with Crippen molar-refractivity contribution < 1.29 is 10.0 Å². The number of rotatable bonds is 8. The fraction of sp³-hybridized carbons (Fsp3) is 0.286. The molecule has 1 atom stereocenters. The largest absolute Gasteiger partial charge is 0.361 e. The molecule has 2 aromatic heterocycles. The molecule has 0 fully saturated rings. The molecule has 2 heterocycles. The Morgan fingerprint density at radius 3 is 2.94 bits per heavy atom. The van der Waals surface area contributed by atoms with Crippen LogP contribution in [-0.4, -0.2) is 37.3 Å². The number of aromatic amines is 1. The highest BCUT2D eigenvalue weighted by atomic mass is 35.5. The van der Waals surface area contributed by atoms with E-state index < -0.39 is 5.91 Å². The van der Waals surface area contributed by atoms with Gasteiger partial charge in [0.25, 0.3) is 5.91 Å². The predicted molar refractivity (Wildman–Crippen MR) is 142 cm³/mol. The van der Waals surface area contributed by atoms with E-state index in [-0.39, 0.29) is 6.04 Å². The molecule has 1 aliphatic carbocycles. The number of nitrogens with zero attached hydrogens (tertiary/aromatic N) is 3. The minimum Gasteiger partial charge on any atom is -0.361 e. The topological polar surface area (TPSA) is 86.2 Å². The van der Waals surface area contributed by atoms with Crippen molar-refractivity contribution in [3.8, 4) is 0 Å². The van der Waals surface area contributed by atoms with E-state index in [1.807, 2.05) is 20.0 Å². The van der Waals surface area contributed by atoms with Gasteiger partial charge in [0, 0.05) is 54.9 Å². The number of hydrogen-bond acceptors (Lipinski definition) is 4. The quantitative estimate of drug-likeness (QED) is 0.177. The van der Waals surface area contributed by atoms with E-state index in [1.54, 1.807) is 16.2 Å². The van der Waals surface area contributed by atoms with Crippen LogP contribution in [0, 0.1) is 6.92 Å². The Kier molecular flexibility index (Phi) is 6.96. The molecule has 0 saturated carbocycles. The molecule has 0 aliphatic heterocycles. The molecule has 186 valence electrons. The molecule has 0 spiro atoms. The van der Waals surface area contributed by atoms with Crippen LogP contribution in [0.15, 0.2) is 54.7 Å². The third kappa shape index (κ3) is 4.82. The third-order valence-corrected chi connectivity index (χ3v) is 7.64. The number of nitrogens with one attached hydrogen (secondary N) is 2. The molecule has 0 saturated heterocycles. The van der Waals surface area contributed by atoms with Crippen molar-refractivity contribution >= 4 is 34.5 Å². The Bertz CT molecular complexity index is 1440. The van der Waals surface area contributed by atoms with Crippen LogP contribution in [-0.2, 0) is 31.2 Å². The first-order valence-corrected chi connectivity index (χ1v) is 12.5. The standard InChI is InChI=1S/C28H30ClN5O2/c1-18-24(28(29)33(2)31-18)17-34(14-13-21-16-30-25-6-4-3-5-22(21)25)26-11-9-20-15-19(7-10-23(20)26)8-12-27(35)32-36/h3-8,10,12,15-16,26,30,36H,9,11,13-14,17H2,1-2H3,(H,32,35). The maximum absolute atomic E-state index is 11.4. The van der Waals surface area contributed by atoms with Crippen molar-refractivity contribution in [2.24, 2.45) is 7.05 Å². The third-order valence-electron chi connectivity index (χ3n) is 7.17. The molecule has 7 nitrogen and oxygen atoms in total. The van der Waals surface area contributed by atoms with Crippen molar-refractivity contribution in [1.82, 2.24) is 25.1 Å². The van der Waals surface area contributed by atoms with Gasteiger partial charge in [0.15, 0.2) is 0 Å². The lowest BCUT2D eigenvalue weighted by molar-refractivity contribution is -0.124. The number of fused-ring (bicyclic) bond motifs is 2. The second-order valence-corrected chi connectivity index (χ2v) is 9.74. The van der Waals surface area contributed by atoms with E-state index in [0.29, 0.717) is 5.15 Å². The molecule has 0 radical (unpaired) electrons. The predicted octanol–water partition coefficient (Wildman–Crippen LogP) is 5.11. The van der Waals surface area contributed by atoms with Gasteiger partial charge in [-0.05, 0) is 60.6 Å². The molecule has 5 rings (SSSR count). The fourth-order valence-corrected chi connectivity index (χ4v) is 5.55. The van der Waals surface area contributed by atoms with Crippen LogP contribution in [0.4, 0.5) is 0 Å². The number of benzene rings is 2. The Labute approximate surface area is 215 Å². The van der Waals surface area contributed by atoms with Crippen LogP contribution < -0.4 is 5.48 Å².